The van der Waals surface area contributed by atoms with Crippen molar-refractivity contribution in [3.63, 3.8) is 0 Å². The highest BCUT2D eigenvalue weighted by Gasteiger charge is 2.12. The Morgan fingerprint density at radius 3 is 2.58 bits per heavy atom. The Labute approximate surface area is 113 Å². The van der Waals surface area contributed by atoms with Crippen LogP contribution in [0, 0.1) is 0 Å². The number of hydrogen-bond acceptors (Lipinski definition) is 4. The second-order valence-corrected chi connectivity index (χ2v) is 6.09. The van der Waals surface area contributed by atoms with E-state index in [0.717, 1.165) is 12.7 Å². The zero-order chi connectivity index (χ0) is 14.5. The molecule has 0 aliphatic carbocycles. The number of sulfonamides is 1. The molecule has 1 aromatic rings. The Kier molecular flexibility index (Phi) is 5.31. The van der Waals surface area contributed by atoms with Gasteiger partial charge in [0.15, 0.2) is 0 Å². The first-order valence-electron chi connectivity index (χ1n) is 5.96. The fraction of sp³-hybridized carbons (Fsp3) is 0.417. The fourth-order valence-corrected chi connectivity index (χ4v) is 2.11. The van der Waals surface area contributed by atoms with E-state index in [9.17, 15) is 13.2 Å². The predicted octanol–water partition coefficient (Wildman–Crippen LogP) is 1.12. The van der Waals surface area contributed by atoms with E-state index in [1.807, 2.05) is 6.92 Å². The topological polar surface area (TPSA) is 101 Å². The number of amides is 1. The van der Waals surface area contributed by atoms with E-state index in [4.69, 9.17) is 5.73 Å². The second-order valence-electron chi connectivity index (χ2n) is 4.34. The molecule has 0 saturated heterocycles. The molecule has 1 atom stereocenters. The molecule has 0 bridgehead atoms. The number of hydrogen-bond donors (Lipinski definition) is 3. The van der Waals surface area contributed by atoms with Crippen LogP contribution in [-0.4, -0.2) is 26.6 Å². The average molecular weight is 285 g/mol. The van der Waals surface area contributed by atoms with Crippen LogP contribution in [0.5, 0.6) is 0 Å². The van der Waals surface area contributed by atoms with E-state index < -0.39 is 16.1 Å². The van der Waals surface area contributed by atoms with Gasteiger partial charge in [0.1, 0.15) is 0 Å². The monoisotopic (exact) mass is 285 g/mol. The lowest BCUT2D eigenvalue weighted by Crippen LogP contribution is -2.35. The lowest BCUT2D eigenvalue weighted by atomic mass is 10.1. The second kappa shape index (κ2) is 6.53. The van der Waals surface area contributed by atoms with E-state index in [1.54, 1.807) is 18.2 Å². The zero-order valence-corrected chi connectivity index (χ0v) is 11.8. The number of nitrogens with one attached hydrogen (secondary N) is 2. The minimum absolute atomic E-state index is 0.279. The molecule has 1 amide bonds. The number of carbonyl (C=O) groups excluding carboxylic acids is 1. The summed E-state index contributed by atoms with van der Waals surface area (Å²) in [6.07, 6.45) is 2.49. The molecule has 7 heteroatoms. The summed E-state index contributed by atoms with van der Waals surface area (Å²) in [4.78, 5) is 11.7. The summed E-state index contributed by atoms with van der Waals surface area (Å²) < 4.78 is 24.6. The third-order valence-corrected chi connectivity index (χ3v) is 2.98. The van der Waals surface area contributed by atoms with Crippen molar-refractivity contribution in [2.24, 2.45) is 5.73 Å². The standard InChI is InChI=1S/C12H19N3O3S/c1-3-5-11(13)12(16)14-9-6-4-7-10(8-9)15-19(2,17)18/h4,6-8,11,15H,3,5,13H2,1-2H3,(H,14,16). The summed E-state index contributed by atoms with van der Waals surface area (Å²) in [7, 11) is -3.33. The summed E-state index contributed by atoms with van der Waals surface area (Å²) in [5.74, 6) is -0.279. The van der Waals surface area contributed by atoms with Crippen LogP contribution in [0.15, 0.2) is 24.3 Å². The largest absolute Gasteiger partial charge is 0.325 e. The molecule has 106 valence electrons. The molecule has 0 heterocycles. The third-order valence-electron chi connectivity index (χ3n) is 2.37. The van der Waals surface area contributed by atoms with E-state index in [1.165, 1.54) is 6.07 Å². The van der Waals surface area contributed by atoms with E-state index in [-0.39, 0.29) is 5.91 Å². The number of rotatable bonds is 6. The molecule has 0 fully saturated rings. The highest BCUT2D eigenvalue weighted by molar-refractivity contribution is 7.92. The molecule has 4 N–H and O–H groups in total. The molecule has 0 aliphatic heterocycles. The maximum absolute atomic E-state index is 11.7. The van der Waals surface area contributed by atoms with Crippen LogP contribution >= 0.6 is 0 Å². The Morgan fingerprint density at radius 2 is 2.00 bits per heavy atom. The number of carbonyl (C=O) groups is 1. The van der Waals surface area contributed by atoms with Gasteiger partial charge < -0.3 is 11.1 Å². The first-order chi connectivity index (χ1) is 8.81. The average Bonchev–Trinajstić information content (AvgIpc) is 2.27. The zero-order valence-electron chi connectivity index (χ0n) is 11.0. The van der Waals surface area contributed by atoms with Gasteiger partial charge in [0, 0.05) is 5.69 Å². The van der Waals surface area contributed by atoms with Crippen LogP contribution in [0.4, 0.5) is 11.4 Å². The van der Waals surface area contributed by atoms with Crippen molar-refractivity contribution in [1.82, 2.24) is 0 Å². The van der Waals surface area contributed by atoms with Gasteiger partial charge >= 0.3 is 0 Å². The van der Waals surface area contributed by atoms with Crippen LogP contribution in [0.1, 0.15) is 19.8 Å². The van der Waals surface area contributed by atoms with Crippen LogP contribution in [0.25, 0.3) is 0 Å². The van der Waals surface area contributed by atoms with Crippen molar-refractivity contribution >= 4 is 27.3 Å². The number of anilines is 2. The molecule has 6 nitrogen and oxygen atoms in total. The molecule has 0 saturated carbocycles. The van der Waals surface area contributed by atoms with Gasteiger partial charge in [-0.05, 0) is 24.6 Å². The van der Waals surface area contributed by atoms with Crippen molar-refractivity contribution in [2.45, 2.75) is 25.8 Å². The number of nitrogens with two attached hydrogens (primary N) is 1. The molecule has 0 radical (unpaired) electrons. The number of benzene rings is 1. The van der Waals surface area contributed by atoms with Gasteiger partial charge in [-0.25, -0.2) is 8.42 Å². The third kappa shape index (κ3) is 5.71. The van der Waals surface area contributed by atoms with Gasteiger partial charge in [0.05, 0.1) is 18.0 Å². The minimum atomic E-state index is -3.33. The lowest BCUT2D eigenvalue weighted by Gasteiger charge is -2.12. The van der Waals surface area contributed by atoms with Crippen molar-refractivity contribution in [3.05, 3.63) is 24.3 Å². The minimum Gasteiger partial charge on any atom is -0.325 e. The van der Waals surface area contributed by atoms with Gasteiger partial charge in [0.2, 0.25) is 15.9 Å². The predicted molar refractivity (Wildman–Crippen MR) is 76.4 cm³/mol. The summed E-state index contributed by atoms with van der Waals surface area (Å²) in [6, 6.07) is 5.90. The van der Waals surface area contributed by atoms with Crippen LogP contribution in [0.3, 0.4) is 0 Å². The molecule has 0 aromatic heterocycles. The van der Waals surface area contributed by atoms with E-state index in [0.29, 0.717) is 17.8 Å². The molecule has 1 unspecified atom stereocenters. The highest BCUT2D eigenvalue weighted by Crippen LogP contribution is 2.16. The van der Waals surface area contributed by atoms with Crippen molar-refractivity contribution in [3.8, 4) is 0 Å². The Balaban J connectivity index is 2.75. The summed E-state index contributed by atoms with van der Waals surface area (Å²) in [5.41, 5.74) is 6.59. The Hall–Kier alpha value is -1.60. The highest BCUT2D eigenvalue weighted by atomic mass is 32.2. The van der Waals surface area contributed by atoms with Gasteiger partial charge in [-0.2, -0.15) is 0 Å². The summed E-state index contributed by atoms with van der Waals surface area (Å²) >= 11 is 0. The quantitative estimate of drug-likeness (QED) is 0.729. The van der Waals surface area contributed by atoms with Crippen molar-refractivity contribution in [2.75, 3.05) is 16.3 Å². The van der Waals surface area contributed by atoms with Gasteiger partial charge in [-0.15, -0.1) is 0 Å². The van der Waals surface area contributed by atoms with Gasteiger partial charge in [0.25, 0.3) is 0 Å². The maximum Gasteiger partial charge on any atom is 0.241 e. The van der Waals surface area contributed by atoms with Crippen LogP contribution in [-0.2, 0) is 14.8 Å². The molecule has 1 aromatic carbocycles. The fourth-order valence-electron chi connectivity index (χ4n) is 1.55. The van der Waals surface area contributed by atoms with E-state index in [2.05, 4.69) is 10.0 Å². The molecule has 0 aliphatic rings. The summed E-state index contributed by atoms with van der Waals surface area (Å²) in [6.45, 7) is 1.95. The molecular weight excluding hydrogens is 266 g/mol. The maximum atomic E-state index is 11.7. The van der Waals surface area contributed by atoms with E-state index >= 15 is 0 Å². The smallest absolute Gasteiger partial charge is 0.241 e. The molecule has 1 rings (SSSR count). The lowest BCUT2D eigenvalue weighted by molar-refractivity contribution is -0.117. The molecular formula is C12H19N3O3S. The van der Waals surface area contributed by atoms with Crippen LogP contribution in [0.2, 0.25) is 0 Å². The van der Waals surface area contributed by atoms with Gasteiger partial charge in [-0.3, -0.25) is 9.52 Å². The van der Waals surface area contributed by atoms with Crippen molar-refractivity contribution < 1.29 is 13.2 Å². The summed E-state index contributed by atoms with van der Waals surface area (Å²) in [5, 5.41) is 2.65. The Morgan fingerprint density at radius 1 is 1.37 bits per heavy atom. The SMILES string of the molecule is CCCC(N)C(=O)Nc1cccc(NS(C)(=O)=O)c1. The molecule has 0 spiro atoms. The van der Waals surface area contributed by atoms with Gasteiger partial charge in [-0.1, -0.05) is 19.4 Å². The van der Waals surface area contributed by atoms with Crippen LogP contribution < -0.4 is 15.8 Å². The van der Waals surface area contributed by atoms with Crippen molar-refractivity contribution in [1.29, 1.82) is 0 Å². The first kappa shape index (κ1) is 15.5. The normalized spacial score (nSPS) is 12.8. The Bertz CT molecular complexity index is 543. The molecule has 19 heavy (non-hydrogen) atoms. The first-order valence-corrected chi connectivity index (χ1v) is 7.85.